The number of nitrogens with zero attached hydrogens (tertiary/aromatic N) is 3. The lowest BCUT2D eigenvalue weighted by Crippen LogP contribution is -2.34. The van der Waals surface area contributed by atoms with E-state index in [1.54, 1.807) is 16.7 Å². The standard InChI is InChI=1S/C17H21N5O3/c1-10-6-11(16(25)22-15(10)12(24)8-17(22,2)3)21-14-7-13(18-4-5-23)19-9-20-14/h6-7,9,23H,4-5,8H2,1-3H3,(H2,18,19,20,21). The molecule has 132 valence electrons. The number of anilines is 3. The van der Waals surface area contributed by atoms with Gasteiger partial charge in [-0.15, -0.1) is 0 Å². The van der Waals surface area contributed by atoms with Crippen LogP contribution in [0.4, 0.5) is 17.3 Å². The van der Waals surface area contributed by atoms with E-state index in [0.717, 1.165) is 5.56 Å². The zero-order valence-corrected chi connectivity index (χ0v) is 14.5. The van der Waals surface area contributed by atoms with Crippen LogP contribution in [-0.4, -0.2) is 38.6 Å². The van der Waals surface area contributed by atoms with Gasteiger partial charge in [0.15, 0.2) is 5.78 Å². The Labute approximate surface area is 144 Å². The van der Waals surface area contributed by atoms with Gasteiger partial charge in [-0.25, -0.2) is 9.97 Å². The number of ketones is 1. The highest BCUT2D eigenvalue weighted by Crippen LogP contribution is 2.32. The van der Waals surface area contributed by atoms with Crippen LogP contribution in [0.15, 0.2) is 23.3 Å². The van der Waals surface area contributed by atoms with Crippen LogP contribution in [0.1, 0.15) is 36.3 Å². The van der Waals surface area contributed by atoms with Gasteiger partial charge in [0.25, 0.3) is 5.56 Å². The Hall–Kier alpha value is -2.74. The number of aliphatic hydroxyl groups is 1. The summed E-state index contributed by atoms with van der Waals surface area (Å²) in [6.45, 7) is 5.94. The van der Waals surface area contributed by atoms with Gasteiger partial charge in [-0.3, -0.25) is 14.2 Å². The lowest BCUT2D eigenvalue weighted by molar-refractivity contribution is 0.0978. The number of Topliss-reactive ketones (excluding diaryl/α,β-unsaturated/α-hetero) is 1. The third-order valence-corrected chi connectivity index (χ3v) is 4.20. The summed E-state index contributed by atoms with van der Waals surface area (Å²) in [5.74, 6) is 0.985. The first-order valence-electron chi connectivity index (χ1n) is 8.07. The normalized spacial score (nSPS) is 15.1. The largest absolute Gasteiger partial charge is 0.395 e. The predicted molar refractivity (Wildman–Crippen MR) is 94.6 cm³/mol. The molecule has 8 nitrogen and oxygen atoms in total. The number of fused-ring (bicyclic) bond motifs is 1. The number of aryl methyl sites for hydroxylation is 1. The van der Waals surface area contributed by atoms with Crippen LogP contribution in [0.5, 0.6) is 0 Å². The van der Waals surface area contributed by atoms with Crippen LogP contribution in [0.25, 0.3) is 0 Å². The summed E-state index contributed by atoms with van der Waals surface area (Å²) in [6.07, 6.45) is 1.68. The van der Waals surface area contributed by atoms with Gasteiger partial charge in [0, 0.05) is 19.0 Å². The van der Waals surface area contributed by atoms with E-state index in [9.17, 15) is 9.59 Å². The number of aliphatic hydroxyl groups excluding tert-OH is 1. The van der Waals surface area contributed by atoms with Crippen molar-refractivity contribution in [2.45, 2.75) is 32.7 Å². The Morgan fingerprint density at radius 3 is 2.68 bits per heavy atom. The van der Waals surface area contributed by atoms with Crippen molar-refractivity contribution in [2.75, 3.05) is 23.8 Å². The molecule has 2 aromatic rings. The van der Waals surface area contributed by atoms with Gasteiger partial charge < -0.3 is 15.7 Å². The zero-order valence-electron chi connectivity index (χ0n) is 14.5. The van der Waals surface area contributed by atoms with Gasteiger partial charge in [0.2, 0.25) is 0 Å². The third kappa shape index (κ3) is 3.12. The maximum Gasteiger partial charge on any atom is 0.275 e. The minimum atomic E-state index is -0.550. The Bertz CT molecular complexity index is 888. The SMILES string of the molecule is Cc1cc(Nc2cc(NCCO)ncn2)c(=O)n2c1C(=O)CC2(C)C. The molecular weight excluding hydrogens is 322 g/mol. The van der Waals surface area contributed by atoms with E-state index in [2.05, 4.69) is 20.6 Å². The molecule has 2 aromatic heterocycles. The van der Waals surface area contributed by atoms with Gasteiger partial charge in [0.1, 0.15) is 23.7 Å². The first-order chi connectivity index (χ1) is 11.8. The summed E-state index contributed by atoms with van der Waals surface area (Å²) in [4.78, 5) is 33.3. The van der Waals surface area contributed by atoms with Gasteiger partial charge in [-0.05, 0) is 32.4 Å². The molecule has 1 aliphatic rings. The molecule has 0 radical (unpaired) electrons. The highest BCUT2D eigenvalue weighted by Gasteiger charge is 2.38. The second kappa shape index (κ2) is 6.29. The molecule has 0 amide bonds. The molecule has 3 rings (SSSR count). The maximum absolute atomic E-state index is 12.9. The summed E-state index contributed by atoms with van der Waals surface area (Å²) in [6, 6.07) is 3.33. The van der Waals surface area contributed by atoms with E-state index in [-0.39, 0.29) is 17.9 Å². The van der Waals surface area contributed by atoms with Crippen molar-refractivity contribution >= 4 is 23.1 Å². The summed E-state index contributed by atoms with van der Waals surface area (Å²) in [5.41, 5.74) is 0.792. The van der Waals surface area contributed by atoms with Crippen LogP contribution in [0.3, 0.4) is 0 Å². The van der Waals surface area contributed by atoms with Crippen molar-refractivity contribution in [2.24, 2.45) is 0 Å². The molecule has 0 aliphatic carbocycles. The van der Waals surface area contributed by atoms with Gasteiger partial charge in [-0.1, -0.05) is 0 Å². The fourth-order valence-corrected chi connectivity index (χ4v) is 3.16. The number of nitrogens with one attached hydrogen (secondary N) is 2. The number of rotatable bonds is 5. The van der Waals surface area contributed by atoms with Crippen LogP contribution in [0, 0.1) is 6.92 Å². The van der Waals surface area contributed by atoms with E-state index < -0.39 is 5.54 Å². The second-order valence-electron chi connectivity index (χ2n) is 6.71. The maximum atomic E-state index is 12.9. The third-order valence-electron chi connectivity index (χ3n) is 4.20. The topological polar surface area (TPSA) is 109 Å². The minimum Gasteiger partial charge on any atom is -0.395 e. The van der Waals surface area contributed by atoms with E-state index in [1.807, 2.05) is 20.8 Å². The molecule has 1 aliphatic heterocycles. The number of carbonyl (C=O) groups excluding carboxylic acids is 1. The number of carbonyl (C=O) groups is 1. The van der Waals surface area contributed by atoms with E-state index >= 15 is 0 Å². The molecule has 0 saturated carbocycles. The molecule has 3 heterocycles. The summed E-state index contributed by atoms with van der Waals surface area (Å²) >= 11 is 0. The molecule has 0 fully saturated rings. The van der Waals surface area contributed by atoms with Crippen molar-refractivity contribution < 1.29 is 9.90 Å². The average molecular weight is 343 g/mol. The molecule has 25 heavy (non-hydrogen) atoms. The summed E-state index contributed by atoms with van der Waals surface area (Å²) < 4.78 is 1.57. The second-order valence-corrected chi connectivity index (χ2v) is 6.71. The zero-order chi connectivity index (χ0) is 18.2. The molecule has 0 saturated heterocycles. The van der Waals surface area contributed by atoms with Crippen LogP contribution < -0.4 is 16.2 Å². The van der Waals surface area contributed by atoms with Crippen LogP contribution >= 0.6 is 0 Å². The molecule has 0 bridgehead atoms. The number of pyridine rings is 1. The highest BCUT2D eigenvalue weighted by atomic mass is 16.3. The monoisotopic (exact) mass is 343 g/mol. The Morgan fingerprint density at radius 2 is 1.96 bits per heavy atom. The smallest absolute Gasteiger partial charge is 0.275 e. The van der Waals surface area contributed by atoms with Crippen LogP contribution in [0.2, 0.25) is 0 Å². The molecule has 8 heteroatoms. The van der Waals surface area contributed by atoms with Gasteiger partial charge in [0.05, 0.1) is 17.8 Å². The molecule has 0 spiro atoms. The fraction of sp³-hybridized carbons (Fsp3) is 0.412. The van der Waals surface area contributed by atoms with Crippen molar-refractivity contribution in [1.29, 1.82) is 0 Å². The van der Waals surface area contributed by atoms with Crippen molar-refractivity contribution in [3.8, 4) is 0 Å². The quantitative estimate of drug-likeness (QED) is 0.753. The van der Waals surface area contributed by atoms with Crippen LogP contribution in [-0.2, 0) is 5.54 Å². The first kappa shape index (κ1) is 17.1. The number of aromatic nitrogens is 3. The average Bonchev–Trinajstić information content (AvgIpc) is 2.80. The Balaban J connectivity index is 1.99. The van der Waals surface area contributed by atoms with Crippen molar-refractivity contribution in [3.63, 3.8) is 0 Å². The Kier molecular flexibility index (Phi) is 4.30. The van der Waals surface area contributed by atoms with E-state index in [4.69, 9.17) is 5.11 Å². The minimum absolute atomic E-state index is 0.0105. The fourth-order valence-electron chi connectivity index (χ4n) is 3.16. The van der Waals surface area contributed by atoms with Gasteiger partial charge >= 0.3 is 0 Å². The molecular formula is C17H21N5O3. The molecule has 0 aromatic carbocycles. The van der Waals surface area contributed by atoms with Crippen molar-refractivity contribution in [3.05, 3.63) is 40.1 Å². The number of hydrogen-bond donors (Lipinski definition) is 3. The van der Waals surface area contributed by atoms with E-state index in [0.29, 0.717) is 36.0 Å². The summed E-state index contributed by atoms with van der Waals surface area (Å²) in [7, 11) is 0. The molecule has 3 N–H and O–H groups in total. The Morgan fingerprint density at radius 1 is 1.24 bits per heavy atom. The van der Waals surface area contributed by atoms with Gasteiger partial charge in [-0.2, -0.15) is 0 Å². The highest BCUT2D eigenvalue weighted by molar-refractivity contribution is 5.99. The summed E-state index contributed by atoms with van der Waals surface area (Å²) in [5, 5.41) is 14.8. The van der Waals surface area contributed by atoms with Crippen molar-refractivity contribution in [1.82, 2.24) is 14.5 Å². The first-order valence-corrected chi connectivity index (χ1v) is 8.07. The molecule has 0 atom stereocenters. The lowest BCUT2D eigenvalue weighted by Gasteiger charge is -2.22. The van der Waals surface area contributed by atoms with E-state index in [1.165, 1.54) is 6.33 Å². The lowest BCUT2D eigenvalue weighted by atomic mass is 10.0. The number of hydrogen-bond acceptors (Lipinski definition) is 7. The predicted octanol–water partition coefficient (Wildman–Crippen LogP) is 1.42. The molecule has 0 unspecified atom stereocenters.